The van der Waals surface area contributed by atoms with Crippen molar-refractivity contribution in [3.05, 3.63) is 22.8 Å². The predicted octanol–water partition coefficient (Wildman–Crippen LogP) is -0.349. The Balaban J connectivity index is 1.69. The van der Waals surface area contributed by atoms with Gasteiger partial charge in [0.05, 0.1) is 0 Å². The Morgan fingerprint density at radius 3 is 2.77 bits per heavy atom. The third kappa shape index (κ3) is 3.08. The minimum atomic E-state index is -1.23. The number of nitrogens with one attached hydrogen (secondary N) is 2. The molecule has 1 aromatic rings. The molecule has 12 heteroatoms. The highest BCUT2D eigenvalue weighted by Crippen LogP contribution is 2.40. The average molecular weight is 396 g/mol. The molecule has 1 fully saturated rings. The maximum atomic E-state index is 12.2. The van der Waals surface area contributed by atoms with Gasteiger partial charge in [0.1, 0.15) is 22.8 Å². The summed E-state index contributed by atoms with van der Waals surface area (Å²) in [7, 11) is 0. The lowest BCUT2D eigenvalue weighted by molar-refractivity contribution is -0.150. The highest BCUT2D eigenvalue weighted by Gasteiger charge is 2.54. The molecule has 2 aliphatic rings. The number of nitrogens with zero attached hydrogens (tertiary/aromatic N) is 2. The quantitative estimate of drug-likeness (QED) is 0.256. The second-order valence-electron chi connectivity index (χ2n) is 5.38. The van der Waals surface area contributed by atoms with Crippen LogP contribution in [0.3, 0.4) is 0 Å². The number of anilines is 1. The van der Waals surface area contributed by atoms with Crippen molar-refractivity contribution in [2.45, 2.75) is 23.6 Å². The summed E-state index contributed by atoms with van der Waals surface area (Å²) in [6.45, 7) is 1.77. The molecule has 0 bridgehead atoms. The van der Waals surface area contributed by atoms with E-state index in [0.29, 0.717) is 6.41 Å². The minimum absolute atomic E-state index is 0.132. The van der Waals surface area contributed by atoms with E-state index >= 15 is 0 Å². The van der Waals surface area contributed by atoms with E-state index in [9.17, 15) is 29.1 Å². The zero-order valence-corrected chi connectivity index (χ0v) is 14.8. The summed E-state index contributed by atoms with van der Waals surface area (Å²) in [6, 6.07) is -0.992. The maximum Gasteiger partial charge on any atom is 0.352 e. The van der Waals surface area contributed by atoms with Crippen molar-refractivity contribution < 1.29 is 29.1 Å². The Morgan fingerprint density at radius 1 is 1.38 bits per heavy atom. The second-order valence-corrected chi connectivity index (χ2v) is 7.73. The zero-order valence-electron chi connectivity index (χ0n) is 13.2. The molecule has 3 rings (SSSR count). The summed E-state index contributed by atoms with van der Waals surface area (Å²) >= 11 is 2.28. The number of carboxylic acid groups (broad SMARTS) is 1. The zero-order chi connectivity index (χ0) is 19.0. The van der Waals surface area contributed by atoms with Gasteiger partial charge in [-0.15, -0.1) is 23.1 Å². The molecule has 0 saturated carbocycles. The van der Waals surface area contributed by atoms with Crippen LogP contribution in [-0.4, -0.2) is 61.6 Å². The molecule has 26 heavy (non-hydrogen) atoms. The molecule has 136 valence electrons. The number of aromatic nitrogens is 1. The molecule has 2 aliphatic heterocycles. The van der Waals surface area contributed by atoms with Crippen LogP contribution in [0.2, 0.25) is 0 Å². The molecular formula is C14H12N4O6S2. The number of rotatable bonds is 6. The van der Waals surface area contributed by atoms with Crippen molar-refractivity contribution in [3.8, 4) is 0 Å². The number of Topliss-reactive ketones (excluding diaryl/α,β-unsaturated/α-hetero) is 1. The van der Waals surface area contributed by atoms with E-state index in [4.69, 9.17) is 0 Å². The summed E-state index contributed by atoms with van der Waals surface area (Å²) in [5.41, 5.74) is -0.288. The van der Waals surface area contributed by atoms with Gasteiger partial charge in [0.25, 0.3) is 17.6 Å². The molecule has 10 nitrogen and oxygen atoms in total. The van der Waals surface area contributed by atoms with E-state index < -0.39 is 35.0 Å². The van der Waals surface area contributed by atoms with Crippen LogP contribution in [-0.2, 0) is 19.2 Å². The Bertz CT molecular complexity index is 850. The highest BCUT2D eigenvalue weighted by atomic mass is 32.2. The molecule has 2 unspecified atom stereocenters. The number of carboxylic acids is 1. The Morgan fingerprint density at radius 2 is 2.12 bits per heavy atom. The van der Waals surface area contributed by atoms with Gasteiger partial charge in [0, 0.05) is 10.6 Å². The smallest absolute Gasteiger partial charge is 0.352 e. The van der Waals surface area contributed by atoms with Crippen LogP contribution in [0.25, 0.3) is 0 Å². The van der Waals surface area contributed by atoms with Crippen LogP contribution in [0, 0.1) is 0 Å². The number of thiazole rings is 1. The van der Waals surface area contributed by atoms with Gasteiger partial charge in [-0.3, -0.25) is 24.1 Å². The molecule has 3 N–H and O–H groups in total. The van der Waals surface area contributed by atoms with E-state index in [-0.39, 0.29) is 21.8 Å². The lowest BCUT2D eigenvalue weighted by Gasteiger charge is -2.49. The first-order valence-corrected chi connectivity index (χ1v) is 9.10. The fourth-order valence-electron chi connectivity index (χ4n) is 2.55. The van der Waals surface area contributed by atoms with E-state index in [1.54, 1.807) is 6.92 Å². The van der Waals surface area contributed by atoms with Gasteiger partial charge in [-0.1, -0.05) is 0 Å². The van der Waals surface area contributed by atoms with Gasteiger partial charge >= 0.3 is 5.97 Å². The van der Waals surface area contributed by atoms with Crippen molar-refractivity contribution in [3.63, 3.8) is 0 Å². The fourth-order valence-corrected chi connectivity index (χ4v) is 4.52. The molecule has 0 spiro atoms. The molecule has 1 saturated heterocycles. The molecule has 3 heterocycles. The van der Waals surface area contributed by atoms with Crippen LogP contribution in [0.1, 0.15) is 17.4 Å². The van der Waals surface area contributed by atoms with Crippen molar-refractivity contribution in [2.75, 3.05) is 5.32 Å². The number of β-lactam (4-membered cyclic amide) rings is 1. The molecular weight excluding hydrogens is 384 g/mol. The topological polar surface area (TPSA) is 146 Å². The first-order chi connectivity index (χ1) is 12.3. The molecule has 0 radical (unpaired) electrons. The number of amides is 3. The lowest BCUT2D eigenvalue weighted by Crippen LogP contribution is -2.71. The third-order valence-electron chi connectivity index (χ3n) is 3.68. The van der Waals surface area contributed by atoms with Crippen LogP contribution >= 0.6 is 23.1 Å². The van der Waals surface area contributed by atoms with Gasteiger partial charge in [-0.25, -0.2) is 9.78 Å². The number of hydrogen-bond donors (Lipinski definition) is 3. The Kier molecular flexibility index (Phi) is 4.78. The van der Waals surface area contributed by atoms with E-state index in [0.717, 1.165) is 16.2 Å². The van der Waals surface area contributed by atoms with Crippen molar-refractivity contribution >= 4 is 58.2 Å². The summed E-state index contributed by atoms with van der Waals surface area (Å²) in [5, 5.41) is 14.5. The summed E-state index contributed by atoms with van der Waals surface area (Å²) in [4.78, 5) is 63.0. The SMILES string of the molecule is CC1C=C(C(=O)O)N2C(=O)C(NC(=O)C(=O)c3csc(NC=O)n3)[C@@H]2S1. The number of thioether (sulfide) groups is 1. The first-order valence-electron chi connectivity index (χ1n) is 7.28. The van der Waals surface area contributed by atoms with Crippen LogP contribution in [0.15, 0.2) is 17.2 Å². The van der Waals surface area contributed by atoms with Crippen molar-refractivity contribution in [1.29, 1.82) is 0 Å². The molecule has 0 aliphatic carbocycles. The third-order valence-corrected chi connectivity index (χ3v) is 5.78. The monoisotopic (exact) mass is 396 g/mol. The van der Waals surface area contributed by atoms with Gasteiger partial charge in [-0.05, 0) is 13.0 Å². The van der Waals surface area contributed by atoms with Crippen LogP contribution < -0.4 is 10.6 Å². The number of carbonyl (C=O) groups is 5. The van der Waals surface area contributed by atoms with Crippen molar-refractivity contribution in [2.24, 2.45) is 0 Å². The number of aliphatic carboxylic acids is 1. The van der Waals surface area contributed by atoms with Gasteiger partial charge in [-0.2, -0.15) is 0 Å². The number of carbonyl (C=O) groups excluding carboxylic acids is 4. The van der Waals surface area contributed by atoms with Crippen LogP contribution in [0.4, 0.5) is 5.13 Å². The summed E-state index contributed by atoms with van der Waals surface area (Å²) in [6.07, 6.45) is 1.85. The fraction of sp³-hybridized carbons (Fsp3) is 0.286. The number of fused-ring (bicyclic) bond motifs is 1. The number of ketones is 1. The van der Waals surface area contributed by atoms with E-state index in [2.05, 4.69) is 15.6 Å². The number of hydrogen-bond acceptors (Lipinski definition) is 8. The van der Waals surface area contributed by atoms with Gasteiger partial charge < -0.3 is 15.7 Å². The molecule has 1 aromatic heterocycles. The summed E-state index contributed by atoms with van der Waals surface area (Å²) in [5.74, 6) is -3.79. The summed E-state index contributed by atoms with van der Waals surface area (Å²) < 4.78 is 0. The van der Waals surface area contributed by atoms with Crippen LogP contribution in [0.5, 0.6) is 0 Å². The van der Waals surface area contributed by atoms with Gasteiger partial charge in [0.15, 0.2) is 5.13 Å². The lowest BCUT2D eigenvalue weighted by atomic mass is 10.0. The predicted molar refractivity (Wildman–Crippen MR) is 91.5 cm³/mol. The standard InChI is InChI=1S/C14H12N4O6S2/c1-5-2-7(13(23)24)18-11(22)8(12(18)26-5)17-10(21)9(20)6-3-25-14(16-6)15-4-19/h2-5,8,12H,1H3,(H,17,21)(H,23,24)(H,15,16,19)/t5?,8?,12-/m0/s1. The Hall–Kier alpha value is -2.73. The Labute approximate surface area is 154 Å². The average Bonchev–Trinajstić information content (AvgIpc) is 3.06. The molecule has 0 aromatic carbocycles. The molecule has 3 atom stereocenters. The normalized spacial score (nSPS) is 24.0. The molecule has 3 amide bonds. The minimum Gasteiger partial charge on any atom is -0.477 e. The van der Waals surface area contributed by atoms with E-state index in [1.807, 2.05) is 0 Å². The van der Waals surface area contributed by atoms with Gasteiger partial charge in [0.2, 0.25) is 6.41 Å². The van der Waals surface area contributed by atoms with Crippen molar-refractivity contribution in [1.82, 2.24) is 15.2 Å². The first kappa shape index (κ1) is 18.1. The highest BCUT2D eigenvalue weighted by molar-refractivity contribution is 8.00. The largest absolute Gasteiger partial charge is 0.477 e. The maximum absolute atomic E-state index is 12.2. The van der Waals surface area contributed by atoms with E-state index in [1.165, 1.54) is 23.2 Å². The second kappa shape index (κ2) is 6.88.